The number of allylic oxidation sites excluding steroid dienone is 4. The highest BCUT2D eigenvalue weighted by Crippen LogP contribution is 2.38. The van der Waals surface area contributed by atoms with Crippen LogP contribution in [0.2, 0.25) is 0 Å². The van der Waals surface area contributed by atoms with Gasteiger partial charge in [-0.25, -0.2) is 4.79 Å². The van der Waals surface area contributed by atoms with Crippen molar-refractivity contribution in [3.05, 3.63) is 35.5 Å². The van der Waals surface area contributed by atoms with Gasteiger partial charge in [-0.1, -0.05) is 58.9 Å². The van der Waals surface area contributed by atoms with Crippen molar-refractivity contribution in [2.75, 3.05) is 41.1 Å². The highest BCUT2D eigenvalue weighted by Gasteiger charge is 2.53. The Bertz CT molecular complexity index is 2050. The number of cyclic esters (lactones) is 1. The number of ketones is 4. The molecular formula is C56H87NO17. The lowest BCUT2D eigenvalue weighted by Crippen LogP contribution is -2.61. The molecule has 0 radical (unpaired) electrons. The quantitative estimate of drug-likeness (QED) is 0.126. The highest BCUT2D eigenvalue weighted by molar-refractivity contribution is 6.39. The standard InChI is InChI=1S/C56H87NO17/c1-32-16-12-13-18-42(60)33(2)24-36(5)48(62)50(71-11)49(63)37(6)25-34(3)43(61)29-46(35(4)26-39-20-22-44(47(27-39)70-10)73-54(67)55(8,30-58)31-59)72-53(66)41-17-14-15-23-57(41)52(65)51(64)56(68)38(7)19-21-40(74-56)28-45(32)69-9/h12-13,16,25,33-36,38-41,44-47,49-50,58-59,63,68H,14-15,17-24,26-31H2,1-11H3/b13-12-,32-16+,37-25-/t33-,34+,35+,36+,38+,39+,40-,41-,44+,45-,46-,47+,49+,50-,56+/m0/s1. The van der Waals surface area contributed by atoms with Crippen LogP contribution >= 0.6 is 0 Å². The summed E-state index contributed by atoms with van der Waals surface area (Å²) < 4.78 is 35.3. The number of rotatable bonds is 10. The molecular weight excluding hydrogens is 959 g/mol. The van der Waals surface area contributed by atoms with E-state index in [0.717, 1.165) is 10.5 Å². The number of amides is 1. The second kappa shape index (κ2) is 28.4. The molecule has 0 spiro atoms. The smallest absolute Gasteiger partial charge is 0.329 e. The van der Waals surface area contributed by atoms with Gasteiger partial charge in [0.15, 0.2) is 5.78 Å². The zero-order valence-corrected chi connectivity index (χ0v) is 45.7. The van der Waals surface area contributed by atoms with E-state index < -0.39 is 132 Å². The molecule has 4 aliphatic rings. The molecule has 2 saturated heterocycles. The molecule has 15 atom stereocenters. The molecule has 1 saturated carbocycles. The van der Waals surface area contributed by atoms with E-state index in [4.69, 9.17) is 28.4 Å². The van der Waals surface area contributed by atoms with Crippen molar-refractivity contribution in [3.8, 4) is 0 Å². The van der Waals surface area contributed by atoms with Crippen molar-refractivity contribution >= 4 is 41.0 Å². The van der Waals surface area contributed by atoms with Gasteiger partial charge in [-0.3, -0.25) is 28.8 Å². The van der Waals surface area contributed by atoms with Gasteiger partial charge in [-0.2, -0.15) is 0 Å². The van der Waals surface area contributed by atoms with Crippen molar-refractivity contribution in [1.82, 2.24) is 4.90 Å². The summed E-state index contributed by atoms with van der Waals surface area (Å²) in [6.45, 7) is 12.2. The molecule has 3 heterocycles. The van der Waals surface area contributed by atoms with Crippen LogP contribution in [-0.4, -0.2) is 162 Å². The summed E-state index contributed by atoms with van der Waals surface area (Å²) in [5, 5.41) is 43.1. The molecule has 2 bridgehead atoms. The fourth-order valence-electron chi connectivity index (χ4n) is 10.8. The third-order valence-electron chi connectivity index (χ3n) is 16.2. The van der Waals surface area contributed by atoms with E-state index in [1.807, 2.05) is 13.8 Å². The number of carbonyl (C=O) groups excluding carboxylic acids is 7. The summed E-state index contributed by atoms with van der Waals surface area (Å²) in [6, 6.07) is -1.22. The molecule has 4 N–H and O–H groups in total. The number of hydrogen-bond donors (Lipinski definition) is 4. The Morgan fingerprint density at radius 2 is 1.54 bits per heavy atom. The molecule has 0 aromatic carbocycles. The zero-order chi connectivity index (χ0) is 55.2. The molecule has 18 nitrogen and oxygen atoms in total. The van der Waals surface area contributed by atoms with Gasteiger partial charge in [0.1, 0.15) is 47.4 Å². The van der Waals surface area contributed by atoms with Crippen molar-refractivity contribution in [1.29, 1.82) is 0 Å². The maximum absolute atomic E-state index is 14.5. The summed E-state index contributed by atoms with van der Waals surface area (Å²) in [4.78, 5) is 98.7. The van der Waals surface area contributed by atoms with Gasteiger partial charge in [0, 0.05) is 70.8 Å². The van der Waals surface area contributed by atoms with E-state index in [-0.39, 0.29) is 56.1 Å². The number of Topliss-reactive ketones (excluding diaryl/α,β-unsaturated/α-hetero) is 4. The molecule has 74 heavy (non-hydrogen) atoms. The number of carbonyl (C=O) groups is 7. The minimum absolute atomic E-state index is 0.0281. The van der Waals surface area contributed by atoms with Gasteiger partial charge in [0.25, 0.3) is 11.7 Å². The lowest BCUT2D eigenvalue weighted by atomic mass is 9.78. The number of nitrogens with zero attached hydrogens (tertiary/aromatic N) is 1. The van der Waals surface area contributed by atoms with E-state index in [1.165, 1.54) is 28.3 Å². The van der Waals surface area contributed by atoms with E-state index >= 15 is 0 Å². The van der Waals surface area contributed by atoms with Crippen LogP contribution in [0.25, 0.3) is 0 Å². The summed E-state index contributed by atoms with van der Waals surface area (Å²) in [6.07, 6.45) is 4.72. The largest absolute Gasteiger partial charge is 0.460 e. The lowest BCUT2D eigenvalue weighted by Gasteiger charge is -2.42. The molecule has 18 heteroatoms. The van der Waals surface area contributed by atoms with E-state index in [2.05, 4.69) is 0 Å². The van der Waals surface area contributed by atoms with E-state index in [0.29, 0.717) is 56.9 Å². The average molecular weight is 1050 g/mol. The van der Waals surface area contributed by atoms with Crippen molar-refractivity contribution in [3.63, 3.8) is 0 Å². The zero-order valence-electron chi connectivity index (χ0n) is 45.7. The number of fused-ring (bicyclic) bond motifs is 3. The number of ether oxygens (including phenoxy) is 6. The van der Waals surface area contributed by atoms with Gasteiger partial charge >= 0.3 is 11.9 Å². The molecule has 0 aromatic rings. The summed E-state index contributed by atoms with van der Waals surface area (Å²) >= 11 is 0. The van der Waals surface area contributed by atoms with Gasteiger partial charge in [-0.05, 0) is 108 Å². The fraction of sp³-hybridized carbons (Fsp3) is 0.768. The molecule has 1 aliphatic carbocycles. The van der Waals surface area contributed by atoms with E-state index in [9.17, 15) is 54.0 Å². The lowest BCUT2D eigenvalue weighted by molar-refractivity contribution is -0.265. The van der Waals surface area contributed by atoms with Crippen LogP contribution in [0.15, 0.2) is 35.5 Å². The summed E-state index contributed by atoms with van der Waals surface area (Å²) in [5.41, 5.74) is -0.421. The molecule has 0 unspecified atom stereocenters. The Balaban J connectivity index is 1.70. The van der Waals surface area contributed by atoms with Gasteiger partial charge in [0.2, 0.25) is 5.79 Å². The van der Waals surface area contributed by atoms with Crippen LogP contribution in [0.3, 0.4) is 0 Å². The first-order valence-electron chi connectivity index (χ1n) is 26.7. The number of hydrogen-bond acceptors (Lipinski definition) is 17. The summed E-state index contributed by atoms with van der Waals surface area (Å²) in [5.74, 6) is -10.5. The minimum atomic E-state index is -2.50. The van der Waals surface area contributed by atoms with Crippen molar-refractivity contribution < 1.29 is 82.4 Å². The number of methoxy groups -OCH3 is 3. The molecule has 1 amide bonds. The number of aliphatic hydroxyl groups is 4. The highest BCUT2D eigenvalue weighted by atomic mass is 16.6. The molecule has 3 fully saturated rings. The van der Waals surface area contributed by atoms with E-state index in [1.54, 1.807) is 58.9 Å². The van der Waals surface area contributed by atoms with Crippen LogP contribution in [-0.2, 0) is 62.0 Å². The molecule has 418 valence electrons. The van der Waals surface area contributed by atoms with Gasteiger partial charge in [-0.15, -0.1) is 0 Å². The molecule has 3 aliphatic heterocycles. The maximum Gasteiger partial charge on any atom is 0.329 e. The third kappa shape index (κ3) is 15.8. The van der Waals surface area contributed by atoms with Crippen LogP contribution in [0.1, 0.15) is 139 Å². The SMILES string of the molecule is CO[C@H]1C[C@@H]2CC[C@@H](C)[C@@](O)(O2)C(=O)C(=O)N2CCCC[C@H]2C(=O)O[C@H]([C@H](C)C[C@H]2CC[C@@H](OC(=O)C(C)(CO)CO)[C@H](OC)C2)CC(=O)[C@H](C)/C=C(/C)[C@@H](O)[C@@H](OC)C(=O)[C@H](C)C[C@H](C)C(=O)C/C=C\C=C\1C. The average Bonchev–Trinajstić information content (AvgIpc) is 3.38. The molecule has 0 aromatic heterocycles. The number of esters is 2. The minimum Gasteiger partial charge on any atom is -0.460 e. The van der Waals surface area contributed by atoms with Crippen LogP contribution in [0, 0.1) is 40.9 Å². The first-order valence-corrected chi connectivity index (χ1v) is 26.7. The third-order valence-corrected chi connectivity index (χ3v) is 16.2. The summed E-state index contributed by atoms with van der Waals surface area (Å²) in [7, 11) is 4.33. The predicted molar refractivity (Wildman–Crippen MR) is 272 cm³/mol. The second-order valence-corrected chi connectivity index (χ2v) is 22.1. The number of piperidine rings is 1. The maximum atomic E-state index is 14.5. The van der Waals surface area contributed by atoms with Crippen LogP contribution in [0.5, 0.6) is 0 Å². The van der Waals surface area contributed by atoms with Crippen LogP contribution in [0.4, 0.5) is 0 Å². The van der Waals surface area contributed by atoms with Gasteiger partial charge < -0.3 is 53.7 Å². The number of aliphatic hydroxyl groups excluding tert-OH is 3. The first kappa shape index (κ1) is 62.5. The second-order valence-electron chi connectivity index (χ2n) is 22.1. The van der Waals surface area contributed by atoms with Crippen molar-refractivity contribution in [2.24, 2.45) is 40.9 Å². The Kier molecular flexibility index (Phi) is 24.0. The normalized spacial score (nSPS) is 36.9. The first-order chi connectivity index (χ1) is 34.9. The Morgan fingerprint density at radius 3 is 2.18 bits per heavy atom. The Labute approximate surface area is 437 Å². The van der Waals surface area contributed by atoms with Gasteiger partial charge in [0.05, 0.1) is 31.5 Å². The Morgan fingerprint density at radius 1 is 0.851 bits per heavy atom. The van der Waals surface area contributed by atoms with Crippen LogP contribution < -0.4 is 0 Å². The monoisotopic (exact) mass is 1050 g/mol. The topological polar surface area (TPSA) is 259 Å². The fourth-order valence-corrected chi connectivity index (χ4v) is 10.8. The Hall–Kier alpha value is -4.01. The molecule has 4 rings (SSSR count). The van der Waals surface area contributed by atoms with Crippen molar-refractivity contribution in [2.45, 2.75) is 193 Å². The predicted octanol–water partition coefficient (Wildman–Crippen LogP) is 5.13.